The Morgan fingerprint density at radius 1 is 1.37 bits per heavy atom. The predicted molar refractivity (Wildman–Crippen MR) is 66.3 cm³/mol. The molecule has 1 unspecified atom stereocenters. The van der Waals surface area contributed by atoms with Gasteiger partial charge in [0.1, 0.15) is 5.82 Å². The molecule has 8 heteroatoms. The molecule has 1 atom stereocenters. The van der Waals surface area contributed by atoms with Gasteiger partial charge in [0, 0.05) is 25.2 Å². The maximum absolute atomic E-state index is 12.7. The lowest BCUT2D eigenvalue weighted by atomic mass is 10.2. The second kappa shape index (κ2) is 5.13. The molecule has 0 amide bonds. The number of aromatic nitrogens is 2. The van der Waals surface area contributed by atoms with Crippen LogP contribution in [0.15, 0.2) is 6.07 Å². The van der Waals surface area contributed by atoms with Gasteiger partial charge in [-0.05, 0) is 32.1 Å². The van der Waals surface area contributed by atoms with E-state index in [9.17, 15) is 13.2 Å². The molecule has 1 aromatic heterocycles. The normalized spacial score (nSPS) is 20.4. The molecule has 1 fully saturated rings. The van der Waals surface area contributed by atoms with E-state index in [1.807, 2.05) is 19.0 Å². The van der Waals surface area contributed by atoms with Crippen LogP contribution in [-0.2, 0) is 6.18 Å². The molecule has 0 N–H and O–H groups in total. The molecule has 0 aromatic carbocycles. The highest BCUT2D eigenvalue weighted by atomic mass is 35.5. The smallest absolute Gasteiger partial charge is 0.355 e. The molecule has 1 aromatic rings. The van der Waals surface area contributed by atoms with Crippen LogP contribution in [0.5, 0.6) is 0 Å². The molecule has 0 aliphatic carbocycles. The van der Waals surface area contributed by atoms with E-state index in [4.69, 9.17) is 11.6 Å². The van der Waals surface area contributed by atoms with Crippen molar-refractivity contribution >= 4 is 17.4 Å². The first-order valence-corrected chi connectivity index (χ1v) is 6.18. The van der Waals surface area contributed by atoms with E-state index in [1.54, 1.807) is 4.90 Å². The summed E-state index contributed by atoms with van der Waals surface area (Å²) in [4.78, 5) is 11.0. The van der Waals surface area contributed by atoms with Crippen molar-refractivity contribution in [3.8, 4) is 0 Å². The molecule has 4 nitrogen and oxygen atoms in total. The molecule has 2 rings (SSSR count). The van der Waals surface area contributed by atoms with Gasteiger partial charge in [-0.25, -0.2) is 9.97 Å². The third kappa shape index (κ3) is 3.27. The van der Waals surface area contributed by atoms with Crippen LogP contribution in [-0.4, -0.2) is 48.1 Å². The zero-order valence-corrected chi connectivity index (χ0v) is 11.3. The van der Waals surface area contributed by atoms with E-state index in [1.165, 1.54) is 0 Å². The molecule has 19 heavy (non-hydrogen) atoms. The number of alkyl halides is 3. The second-order valence-electron chi connectivity index (χ2n) is 4.73. The Kier molecular flexibility index (Phi) is 3.87. The summed E-state index contributed by atoms with van der Waals surface area (Å²) in [5, 5.41) is -0.377. The first-order valence-electron chi connectivity index (χ1n) is 5.80. The molecule has 106 valence electrons. The molecule has 0 saturated carbocycles. The van der Waals surface area contributed by atoms with Gasteiger partial charge in [0.05, 0.1) is 0 Å². The van der Waals surface area contributed by atoms with Crippen LogP contribution in [0.4, 0.5) is 19.0 Å². The van der Waals surface area contributed by atoms with Crippen molar-refractivity contribution in [2.24, 2.45) is 0 Å². The lowest BCUT2D eigenvalue weighted by molar-refractivity contribution is -0.141. The third-order valence-electron chi connectivity index (χ3n) is 3.19. The summed E-state index contributed by atoms with van der Waals surface area (Å²) < 4.78 is 38.0. The largest absolute Gasteiger partial charge is 0.433 e. The number of halogens is 4. The summed E-state index contributed by atoms with van der Waals surface area (Å²) in [5.41, 5.74) is -1.00. The van der Waals surface area contributed by atoms with Crippen molar-refractivity contribution in [3.05, 3.63) is 17.0 Å². The average Bonchev–Trinajstić information content (AvgIpc) is 2.76. The molecular formula is C11H14ClF3N4. The minimum atomic E-state index is -4.51. The van der Waals surface area contributed by atoms with Crippen LogP contribution in [0.2, 0.25) is 5.28 Å². The van der Waals surface area contributed by atoms with Gasteiger partial charge in [0.2, 0.25) is 5.28 Å². The minimum absolute atomic E-state index is 0.233. The van der Waals surface area contributed by atoms with Gasteiger partial charge in [0.25, 0.3) is 0 Å². The zero-order valence-electron chi connectivity index (χ0n) is 10.6. The van der Waals surface area contributed by atoms with Crippen LogP contribution >= 0.6 is 11.6 Å². The van der Waals surface area contributed by atoms with Crippen molar-refractivity contribution < 1.29 is 13.2 Å². The van der Waals surface area contributed by atoms with Crippen molar-refractivity contribution in [2.75, 3.05) is 32.1 Å². The zero-order chi connectivity index (χ0) is 14.2. The standard InChI is InChI=1S/C11H14ClF3N4/c1-18(2)7-3-4-19(6-7)9-5-8(11(13,14)15)16-10(12)17-9/h5,7H,3-4,6H2,1-2H3. The van der Waals surface area contributed by atoms with E-state index >= 15 is 0 Å². The quantitative estimate of drug-likeness (QED) is 0.784. The Morgan fingerprint density at radius 3 is 2.58 bits per heavy atom. The highest BCUT2D eigenvalue weighted by molar-refractivity contribution is 6.28. The monoisotopic (exact) mass is 294 g/mol. The van der Waals surface area contributed by atoms with Gasteiger partial charge in [0.15, 0.2) is 5.69 Å². The maximum Gasteiger partial charge on any atom is 0.433 e. The molecule has 1 aliphatic rings. The summed E-state index contributed by atoms with van der Waals surface area (Å²) in [6.07, 6.45) is -3.63. The first kappa shape index (κ1) is 14.3. The van der Waals surface area contributed by atoms with Crippen molar-refractivity contribution in [2.45, 2.75) is 18.6 Å². The topological polar surface area (TPSA) is 32.3 Å². The number of hydrogen-bond acceptors (Lipinski definition) is 4. The van der Waals surface area contributed by atoms with Gasteiger partial charge < -0.3 is 9.80 Å². The van der Waals surface area contributed by atoms with E-state index < -0.39 is 11.9 Å². The van der Waals surface area contributed by atoms with Gasteiger partial charge in [-0.15, -0.1) is 0 Å². The Bertz CT molecular complexity index is 464. The number of anilines is 1. The minimum Gasteiger partial charge on any atom is -0.355 e. The molecule has 0 spiro atoms. The van der Waals surface area contributed by atoms with Crippen LogP contribution in [0.1, 0.15) is 12.1 Å². The van der Waals surface area contributed by atoms with E-state index in [0.29, 0.717) is 19.1 Å². The molecule has 2 heterocycles. The van der Waals surface area contributed by atoms with Gasteiger partial charge in [-0.3, -0.25) is 0 Å². The molecule has 1 saturated heterocycles. The summed E-state index contributed by atoms with van der Waals surface area (Å²) in [6.45, 7) is 1.30. The lowest BCUT2D eigenvalue weighted by Crippen LogP contribution is -2.31. The molecule has 0 bridgehead atoms. The van der Waals surface area contributed by atoms with Crippen LogP contribution in [0.3, 0.4) is 0 Å². The third-order valence-corrected chi connectivity index (χ3v) is 3.36. The van der Waals surface area contributed by atoms with E-state index in [0.717, 1.165) is 12.5 Å². The summed E-state index contributed by atoms with van der Waals surface area (Å²) in [6, 6.07) is 1.26. The lowest BCUT2D eigenvalue weighted by Gasteiger charge is -2.21. The fraction of sp³-hybridized carbons (Fsp3) is 0.636. The van der Waals surface area contributed by atoms with Crippen molar-refractivity contribution in [1.82, 2.24) is 14.9 Å². The number of rotatable bonds is 2. The Labute approximate surface area is 114 Å². The number of likely N-dealkylation sites (N-methyl/N-ethyl adjacent to an activating group) is 1. The summed E-state index contributed by atoms with van der Waals surface area (Å²) >= 11 is 5.57. The van der Waals surface area contributed by atoms with Gasteiger partial charge in [-0.1, -0.05) is 0 Å². The Morgan fingerprint density at radius 2 is 2.05 bits per heavy atom. The Balaban J connectivity index is 2.24. The SMILES string of the molecule is CN(C)C1CCN(c2cc(C(F)(F)F)nc(Cl)n2)C1. The number of nitrogens with zero attached hydrogens (tertiary/aromatic N) is 4. The van der Waals surface area contributed by atoms with E-state index in [2.05, 4.69) is 9.97 Å². The summed E-state index contributed by atoms with van der Waals surface area (Å²) in [5.74, 6) is 0.233. The van der Waals surface area contributed by atoms with E-state index in [-0.39, 0.29) is 11.1 Å². The van der Waals surface area contributed by atoms with Gasteiger partial charge in [-0.2, -0.15) is 13.2 Å². The van der Waals surface area contributed by atoms with Crippen LogP contribution < -0.4 is 4.90 Å². The molecule has 0 radical (unpaired) electrons. The summed E-state index contributed by atoms with van der Waals surface area (Å²) in [7, 11) is 3.89. The van der Waals surface area contributed by atoms with Crippen LogP contribution in [0, 0.1) is 0 Å². The van der Waals surface area contributed by atoms with Crippen molar-refractivity contribution in [3.63, 3.8) is 0 Å². The number of hydrogen-bond donors (Lipinski definition) is 0. The highest BCUT2D eigenvalue weighted by Crippen LogP contribution is 2.31. The fourth-order valence-electron chi connectivity index (χ4n) is 2.08. The first-order chi connectivity index (χ1) is 8.77. The van der Waals surface area contributed by atoms with Gasteiger partial charge >= 0.3 is 6.18 Å². The maximum atomic E-state index is 12.7. The average molecular weight is 295 g/mol. The highest BCUT2D eigenvalue weighted by Gasteiger charge is 2.35. The molecular weight excluding hydrogens is 281 g/mol. The second-order valence-corrected chi connectivity index (χ2v) is 5.07. The van der Waals surface area contributed by atoms with Crippen LogP contribution in [0.25, 0.3) is 0 Å². The fourth-order valence-corrected chi connectivity index (χ4v) is 2.26. The molecule has 1 aliphatic heterocycles. The van der Waals surface area contributed by atoms with Crippen molar-refractivity contribution in [1.29, 1.82) is 0 Å². The Hall–Kier alpha value is -1.08. The predicted octanol–water partition coefficient (Wildman–Crippen LogP) is 2.29.